The first-order valence-corrected chi connectivity index (χ1v) is 14.3. The molecule has 1 N–H and O–H groups in total. The van der Waals surface area contributed by atoms with Crippen molar-refractivity contribution in [3.8, 4) is 0 Å². The Bertz CT molecular complexity index is 1300. The van der Waals surface area contributed by atoms with Crippen molar-refractivity contribution in [1.82, 2.24) is 10.2 Å². The van der Waals surface area contributed by atoms with Gasteiger partial charge in [0.15, 0.2) is 0 Å². The number of sulfonamides is 1. The van der Waals surface area contributed by atoms with Gasteiger partial charge in [0.1, 0.15) is 12.6 Å². The highest BCUT2D eigenvalue weighted by atomic mass is 79.9. The van der Waals surface area contributed by atoms with Crippen LogP contribution in [0.4, 0.5) is 5.69 Å². The van der Waals surface area contributed by atoms with Gasteiger partial charge in [-0.15, -0.1) is 0 Å². The van der Waals surface area contributed by atoms with Crippen molar-refractivity contribution in [3.63, 3.8) is 0 Å². The monoisotopic (exact) mass is 585 g/mol. The lowest BCUT2D eigenvalue weighted by Crippen LogP contribution is -2.51. The number of hydrogen-bond donors (Lipinski definition) is 1. The van der Waals surface area contributed by atoms with Crippen molar-refractivity contribution in [2.45, 2.75) is 44.7 Å². The van der Waals surface area contributed by atoms with E-state index in [9.17, 15) is 18.0 Å². The van der Waals surface area contributed by atoms with Crippen molar-refractivity contribution < 1.29 is 18.0 Å². The third-order valence-electron chi connectivity index (χ3n) is 5.91. The van der Waals surface area contributed by atoms with E-state index in [0.29, 0.717) is 12.2 Å². The zero-order chi connectivity index (χ0) is 27.0. The van der Waals surface area contributed by atoms with Crippen molar-refractivity contribution in [1.29, 1.82) is 0 Å². The van der Waals surface area contributed by atoms with Gasteiger partial charge in [-0.1, -0.05) is 70.9 Å². The highest BCUT2D eigenvalue weighted by molar-refractivity contribution is 9.10. The molecule has 3 aromatic rings. The summed E-state index contributed by atoms with van der Waals surface area (Å²) >= 11 is 3.37. The van der Waals surface area contributed by atoms with E-state index >= 15 is 0 Å². The normalized spacial score (nSPS) is 12.0. The second-order valence-corrected chi connectivity index (χ2v) is 11.6. The minimum atomic E-state index is -4.06. The standard InChI is InChI=1S/C28H32BrN3O4S/c1-4-18-30-28(34)22(3)31(19-23-12-10-21(2)11-13-23)27(33)20-32(25-16-14-24(29)15-17-25)37(35,36)26-8-6-5-7-9-26/h5-17,22H,4,18-20H2,1-3H3,(H,30,34)/t22-/m1/s1. The van der Waals surface area contributed by atoms with Gasteiger partial charge in [-0.05, 0) is 62.2 Å². The molecule has 196 valence electrons. The van der Waals surface area contributed by atoms with Crippen LogP contribution >= 0.6 is 15.9 Å². The van der Waals surface area contributed by atoms with E-state index in [4.69, 9.17) is 0 Å². The van der Waals surface area contributed by atoms with Gasteiger partial charge in [0, 0.05) is 17.6 Å². The van der Waals surface area contributed by atoms with Crippen LogP contribution in [0.15, 0.2) is 88.2 Å². The molecule has 1 atom stereocenters. The van der Waals surface area contributed by atoms with Gasteiger partial charge < -0.3 is 10.2 Å². The van der Waals surface area contributed by atoms with Crippen LogP contribution < -0.4 is 9.62 Å². The minimum Gasteiger partial charge on any atom is -0.354 e. The Morgan fingerprint density at radius 2 is 1.57 bits per heavy atom. The van der Waals surface area contributed by atoms with E-state index in [1.54, 1.807) is 49.4 Å². The minimum absolute atomic E-state index is 0.0736. The van der Waals surface area contributed by atoms with E-state index in [1.165, 1.54) is 17.0 Å². The summed E-state index contributed by atoms with van der Waals surface area (Å²) in [6.07, 6.45) is 0.761. The number of rotatable bonds is 11. The number of aryl methyl sites for hydroxylation is 1. The molecule has 0 radical (unpaired) electrons. The zero-order valence-corrected chi connectivity index (χ0v) is 23.6. The van der Waals surface area contributed by atoms with Crippen molar-refractivity contribution in [3.05, 3.63) is 94.5 Å². The summed E-state index contributed by atoms with van der Waals surface area (Å²) in [6, 6.07) is 21.6. The number of hydrogen-bond acceptors (Lipinski definition) is 4. The summed E-state index contributed by atoms with van der Waals surface area (Å²) < 4.78 is 29.2. The fourth-order valence-corrected chi connectivity index (χ4v) is 5.42. The van der Waals surface area contributed by atoms with E-state index in [-0.39, 0.29) is 17.3 Å². The van der Waals surface area contributed by atoms with Crippen LogP contribution in [0.2, 0.25) is 0 Å². The van der Waals surface area contributed by atoms with Crippen molar-refractivity contribution >= 4 is 43.5 Å². The number of nitrogens with one attached hydrogen (secondary N) is 1. The Labute approximate surface area is 227 Å². The van der Waals surface area contributed by atoms with Gasteiger partial charge in [0.2, 0.25) is 11.8 Å². The first-order valence-electron chi connectivity index (χ1n) is 12.1. The second-order valence-electron chi connectivity index (χ2n) is 8.78. The molecule has 3 aromatic carbocycles. The van der Waals surface area contributed by atoms with E-state index in [2.05, 4.69) is 21.2 Å². The van der Waals surface area contributed by atoms with Gasteiger partial charge in [0.25, 0.3) is 10.0 Å². The van der Waals surface area contributed by atoms with Gasteiger partial charge in [0.05, 0.1) is 10.6 Å². The van der Waals surface area contributed by atoms with Crippen molar-refractivity contribution in [2.24, 2.45) is 0 Å². The van der Waals surface area contributed by atoms with Gasteiger partial charge in [-0.2, -0.15) is 0 Å². The van der Waals surface area contributed by atoms with E-state index in [0.717, 1.165) is 26.3 Å². The zero-order valence-electron chi connectivity index (χ0n) is 21.2. The lowest BCUT2D eigenvalue weighted by Gasteiger charge is -2.32. The summed E-state index contributed by atoms with van der Waals surface area (Å²) in [4.78, 5) is 28.2. The maximum atomic E-state index is 13.8. The van der Waals surface area contributed by atoms with Crippen LogP contribution in [0.1, 0.15) is 31.4 Å². The molecule has 0 spiro atoms. The molecule has 0 aliphatic carbocycles. The molecular weight excluding hydrogens is 554 g/mol. The molecule has 3 rings (SSSR count). The molecule has 0 saturated carbocycles. The molecule has 0 saturated heterocycles. The molecule has 0 aliphatic rings. The highest BCUT2D eigenvalue weighted by Crippen LogP contribution is 2.26. The SMILES string of the molecule is CCCNC(=O)[C@@H](C)N(Cc1ccc(C)cc1)C(=O)CN(c1ccc(Br)cc1)S(=O)(=O)c1ccccc1. The van der Waals surface area contributed by atoms with Crippen LogP contribution in [0.25, 0.3) is 0 Å². The van der Waals surface area contributed by atoms with E-state index < -0.39 is 28.5 Å². The number of nitrogens with zero attached hydrogens (tertiary/aromatic N) is 2. The number of carbonyl (C=O) groups excluding carboxylic acids is 2. The quantitative estimate of drug-likeness (QED) is 0.347. The first-order chi connectivity index (χ1) is 17.6. The Kier molecular flexibility index (Phi) is 9.88. The molecule has 0 bridgehead atoms. The molecule has 0 aliphatic heterocycles. The number of benzene rings is 3. The van der Waals surface area contributed by atoms with Crippen LogP contribution in [-0.4, -0.2) is 44.3 Å². The number of halogens is 1. The average Bonchev–Trinajstić information content (AvgIpc) is 2.90. The van der Waals surface area contributed by atoms with Crippen LogP contribution in [-0.2, 0) is 26.2 Å². The third kappa shape index (κ3) is 7.42. The number of carbonyl (C=O) groups is 2. The fourth-order valence-electron chi connectivity index (χ4n) is 3.72. The van der Waals surface area contributed by atoms with Gasteiger partial charge >= 0.3 is 0 Å². The average molecular weight is 587 g/mol. The smallest absolute Gasteiger partial charge is 0.264 e. The van der Waals surface area contributed by atoms with E-state index in [1.807, 2.05) is 38.1 Å². The highest BCUT2D eigenvalue weighted by Gasteiger charge is 2.32. The maximum Gasteiger partial charge on any atom is 0.264 e. The Morgan fingerprint density at radius 3 is 2.16 bits per heavy atom. The molecule has 0 heterocycles. The molecule has 0 fully saturated rings. The van der Waals surface area contributed by atoms with Crippen LogP contribution in [0.3, 0.4) is 0 Å². The summed E-state index contributed by atoms with van der Waals surface area (Å²) in [7, 11) is -4.06. The Balaban J connectivity index is 1.99. The topological polar surface area (TPSA) is 86.8 Å². The molecule has 0 aromatic heterocycles. The van der Waals surface area contributed by atoms with Crippen LogP contribution in [0.5, 0.6) is 0 Å². The maximum absolute atomic E-state index is 13.8. The molecule has 9 heteroatoms. The number of anilines is 1. The Hall–Kier alpha value is -3.17. The second kappa shape index (κ2) is 12.9. The summed E-state index contributed by atoms with van der Waals surface area (Å²) in [5, 5.41) is 2.84. The largest absolute Gasteiger partial charge is 0.354 e. The molecular formula is C28H32BrN3O4S. The molecule has 0 unspecified atom stereocenters. The Morgan fingerprint density at radius 1 is 0.946 bits per heavy atom. The number of amides is 2. The molecule has 37 heavy (non-hydrogen) atoms. The summed E-state index contributed by atoms with van der Waals surface area (Å²) in [5.74, 6) is -0.773. The summed E-state index contributed by atoms with van der Waals surface area (Å²) in [5.41, 5.74) is 2.26. The predicted octanol–water partition coefficient (Wildman–Crippen LogP) is 4.90. The molecule has 7 nitrogen and oxygen atoms in total. The lowest BCUT2D eigenvalue weighted by atomic mass is 10.1. The van der Waals surface area contributed by atoms with Gasteiger partial charge in [-0.3, -0.25) is 13.9 Å². The predicted molar refractivity (Wildman–Crippen MR) is 150 cm³/mol. The third-order valence-corrected chi connectivity index (χ3v) is 8.23. The fraction of sp³-hybridized carbons (Fsp3) is 0.286. The van der Waals surface area contributed by atoms with Crippen molar-refractivity contribution in [2.75, 3.05) is 17.4 Å². The lowest BCUT2D eigenvalue weighted by molar-refractivity contribution is -0.139. The van der Waals surface area contributed by atoms with Crippen LogP contribution in [0, 0.1) is 6.92 Å². The van der Waals surface area contributed by atoms with Gasteiger partial charge in [-0.25, -0.2) is 8.42 Å². The molecule has 2 amide bonds. The first kappa shape index (κ1) is 28.4. The summed E-state index contributed by atoms with van der Waals surface area (Å²) in [6.45, 7) is 5.77.